The number of aryl methyl sites for hydroxylation is 1. The third-order valence-corrected chi connectivity index (χ3v) is 4.43. The van der Waals surface area contributed by atoms with Gasteiger partial charge in [0.25, 0.3) is 0 Å². The first-order valence-corrected chi connectivity index (χ1v) is 7.17. The lowest BCUT2D eigenvalue weighted by molar-refractivity contribution is 0.0606. The zero-order chi connectivity index (χ0) is 13.4. The second-order valence-electron chi connectivity index (χ2n) is 4.70. The third-order valence-electron chi connectivity index (χ3n) is 3.44. The fourth-order valence-electron chi connectivity index (χ4n) is 2.45. The van der Waals surface area contributed by atoms with Crippen LogP contribution in [0.5, 0.6) is 0 Å². The van der Waals surface area contributed by atoms with Gasteiger partial charge in [0.1, 0.15) is 15.5 Å². The molecule has 1 saturated heterocycles. The first-order valence-electron chi connectivity index (χ1n) is 6.35. The van der Waals surface area contributed by atoms with E-state index in [1.54, 1.807) is 0 Å². The summed E-state index contributed by atoms with van der Waals surface area (Å²) in [5.41, 5.74) is 0.999. The van der Waals surface area contributed by atoms with Crippen molar-refractivity contribution < 1.29 is 14.3 Å². The third kappa shape index (κ3) is 2.26. The lowest BCUT2D eigenvalue weighted by Gasteiger charge is -2.12. The maximum absolute atomic E-state index is 11.5. The summed E-state index contributed by atoms with van der Waals surface area (Å²) < 4.78 is 12.6. The summed E-state index contributed by atoms with van der Waals surface area (Å²) in [6.45, 7) is 3.64. The van der Waals surface area contributed by atoms with Crippen LogP contribution in [0.4, 0.5) is 0 Å². The monoisotopic (exact) mass is 280 g/mol. The number of imidazole rings is 1. The van der Waals surface area contributed by atoms with Crippen molar-refractivity contribution in [2.75, 3.05) is 13.7 Å². The van der Waals surface area contributed by atoms with Gasteiger partial charge in [-0.15, -0.1) is 11.3 Å². The number of nitrogens with zero attached hydrogens (tertiary/aromatic N) is 2. The highest BCUT2D eigenvalue weighted by Crippen LogP contribution is 2.28. The first kappa shape index (κ1) is 12.6. The lowest BCUT2D eigenvalue weighted by Crippen LogP contribution is -2.15. The molecule has 0 spiro atoms. The Balaban J connectivity index is 1.95. The van der Waals surface area contributed by atoms with Gasteiger partial charge in [-0.25, -0.2) is 9.78 Å². The molecule has 1 aliphatic rings. The topological polar surface area (TPSA) is 53.3 Å². The van der Waals surface area contributed by atoms with E-state index in [0.717, 1.165) is 42.2 Å². The van der Waals surface area contributed by atoms with E-state index >= 15 is 0 Å². The Labute approximate surface area is 115 Å². The predicted molar refractivity (Wildman–Crippen MR) is 72.7 cm³/mol. The minimum absolute atomic E-state index is 0.262. The molecule has 0 aliphatic carbocycles. The number of carbonyl (C=O) groups excluding carboxylic acids is 1. The number of ether oxygens (including phenoxy) is 2. The van der Waals surface area contributed by atoms with E-state index in [1.165, 1.54) is 18.4 Å². The average molecular weight is 280 g/mol. The second-order valence-corrected chi connectivity index (χ2v) is 5.73. The molecule has 1 fully saturated rings. The molecule has 5 nitrogen and oxygen atoms in total. The van der Waals surface area contributed by atoms with Crippen LogP contribution >= 0.6 is 11.3 Å². The van der Waals surface area contributed by atoms with Crippen LogP contribution < -0.4 is 0 Å². The van der Waals surface area contributed by atoms with Crippen molar-refractivity contribution in [2.45, 2.75) is 32.4 Å². The van der Waals surface area contributed by atoms with Crippen molar-refractivity contribution in [2.24, 2.45) is 0 Å². The van der Waals surface area contributed by atoms with E-state index in [1.807, 2.05) is 13.0 Å². The van der Waals surface area contributed by atoms with Crippen LogP contribution in [0.15, 0.2) is 6.07 Å². The fraction of sp³-hybridized carbons (Fsp3) is 0.538. The Bertz CT molecular complexity index is 611. The van der Waals surface area contributed by atoms with Gasteiger partial charge in [-0.05, 0) is 25.8 Å². The summed E-state index contributed by atoms with van der Waals surface area (Å²) in [6.07, 6.45) is 2.48. The molecule has 0 radical (unpaired) electrons. The van der Waals surface area contributed by atoms with E-state index in [4.69, 9.17) is 9.47 Å². The molecule has 1 atom stereocenters. The van der Waals surface area contributed by atoms with Crippen LogP contribution in [0.25, 0.3) is 10.3 Å². The van der Waals surface area contributed by atoms with Crippen LogP contribution in [0.1, 0.15) is 28.3 Å². The molecule has 102 valence electrons. The van der Waals surface area contributed by atoms with Gasteiger partial charge in [0.05, 0.1) is 25.3 Å². The molecule has 6 heteroatoms. The lowest BCUT2D eigenvalue weighted by atomic mass is 10.2. The number of methoxy groups -OCH3 is 1. The molecular weight excluding hydrogens is 264 g/mol. The summed E-state index contributed by atoms with van der Waals surface area (Å²) in [6, 6.07) is 1.86. The van der Waals surface area contributed by atoms with Gasteiger partial charge < -0.3 is 14.0 Å². The van der Waals surface area contributed by atoms with E-state index in [0.29, 0.717) is 4.88 Å². The minimum atomic E-state index is -0.302. The molecule has 2 aromatic heterocycles. The van der Waals surface area contributed by atoms with Crippen LogP contribution in [0.3, 0.4) is 0 Å². The Morgan fingerprint density at radius 3 is 3.21 bits per heavy atom. The summed E-state index contributed by atoms with van der Waals surface area (Å²) in [5.74, 6) is 0.664. The second kappa shape index (κ2) is 4.94. The van der Waals surface area contributed by atoms with Crippen molar-refractivity contribution >= 4 is 27.7 Å². The number of carbonyl (C=O) groups is 1. The molecule has 0 N–H and O–H groups in total. The van der Waals surface area contributed by atoms with Crippen LogP contribution in [0, 0.1) is 6.92 Å². The van der Waals surface area contributed by atoms with E-state index in [2.05, 4.69) is 9.55 Å². The van der Waals surface area contributed by atoms with Crippen molar-refractivity contribution in [1.82, 2.24) is 9.55 Å². The van der Waals surface area contributed by atoms with Crippen molar-refractivity contribution in [3.8, 4) is 0 Å². The van der Waals surface area contributed by atoms with Gasteiger partial charge >= 0.3 is 5.97 Å². The standard InChI is InChI=1S/C13H16N2O3S/c1-8-14-12-10(6-11(19-12)13(16)17-2)15(8)7-9-4-3-5-18-9/h6,9H,3-5,7H2,1-2H3/t9-/m0/s1. The number of thiophene rings is 1. The largest absolute Gasteiger partial charge is 0.465 e. The van der Waals surface area contributed by atoms with Gasteiger partial charge in [0.15, 0.2) is 0 Å². The first-order chi connectivity index (χ1) is 9.19. The normalized spacial score (nSPS) is 19.2. The number of aromatic nitrogens is 2. The van der Waals surface area contributed by atoms with Gasteiger partial charge in [0.2, 0.25) is 0 Å². The average Bonchev–Trinajstić information content (AvgIpc) is 3.08. The van der Waals surface area contributed by atoms with Crippen molar-refractivity contribution in [1.29, 1.82) is 0 Å². The highest BCUT2D eigenvalue weighted by Gasteiger charge is 2.21. The Hall–Kier alpha value is -1.40. The highest BCUT2D eigenvalue weighted by atomic mass is 32.1. The van der Waals surface area contributed by atoms with E-state index < -0.39 is 0 Å². The summed E-state index contributed by atoms with van der Waals surface area (Å²) in [4.78, 5) is 17.5. The van der Waals surface area contributed by atoms with Gasteiger partial charge in [-0.3, -0.25) is 0 Å². The maximum atomic E-state index is 11.5. The van der Waals surface area contributed by atoms with Crippen molar-refractivity contribution in [3.05, 3.63) is 16.8 Å². The summed E-state index contributed by atoms with van der Waals surface area (Å²) in [7, 11) is 1.39. The van der Waals surface area contributed by atoms with Crippen LogP contribution in [-0.4, -0.2) is 35.3 Å². The Kier molecular flexibility index (Phi) is 3.28. The molecule has 19 heavy (non-hydrogen) atoms. The molecule has 0 saturated carbocycles. The molecule has 0 unspecified atom stereocenters. The van der Waals surface area contributed by atoms with E-state index in [9.17, 15) is 4.79 Å². The quantitative estimate of drug-likeness (QED) is 0.810. The Morgan fingerprint density at radius 2 is 2.53 bits per heavy atom. The highest BCUT2D eigenvalue weighted by molar-refractivity contribution is 7.20. The molecule has 0 bridgehead atoms. The molecule has 0 amide bonds. The SMILES string of the molecule is COC(=O)c1cc2c(nc(C)n2C[C@@H]2CCCO2)s1. The number of hydrogen-bond donors (Lipinski definition) is 0. The summed E-state index contributed by atoms with van der Waals surface area (Å²) >= 11 is 1.38. The molecule has 2 aromatic rings. The molecular formula is C13H16N2O3S. The minimum Gasteiger partial charge on any atom is -0.465 e. The van der Waals surface area contributed by atoms with Gasteiger partial charge in [-0.1, -0.05) is 0 Å². The van der Waals surface area contributed by atoms with Crippen molar-refractivity contribution in [3.63, 3.8) is 0 Å². The molecule has 3 rings (SSSR count). The predicted octanol–water partition coefficient (Wildman–Crippen LogP) is 2.37. The Morgan fingerprint density at radius 1 is 1.68 bits per heavy atom. The molecule has 0 aromatic carbocycles. The molecule has 1 aliphatic heterocycles. The number of hydrogen-bond acceptors (Lipinski definition) is 5. The van der Waals surface area contributed by atoms with E-state index in [-0.39, 0.29) is 12.1 Å². The molecule has 3 heterocycles. The van der Waals surface area contributed by atoms with Gasteiger partial charge in [-0.2, -0.15) is 0 Å². The number of esters is 1. The zero-order valence-corrected chi connectivity index (χ0v) is 11.8. The number of fused-ring (bicyclic) bond motifs is 1. The van der Waals surface area contributed by atoms with Gasteiger partial charge in [0, 0.05) is 6.61 Å². The zero-order valence-electron chi connectivity index (χ0n) is 11.0. The number of rotatable bonds is 3. The van der Waals surface area contributed by atoms with Crippen LogP contribution in [0.2, 0.25) is 0 Å². The smallest absolute Gasteiger partial charge is 0.348 e. The summed E-state index contributed by atoms with van der Waals surface area (Å²) in [5, 5.41) is 0. The fourth-order valence-corrected chi connectivity index (χ4v) is 3.45. The van der Waals surface area contributed by atoms with Crippen LogP contribution in [-0.2, 0) is 16.0 Å². The maximum Gasteiger partial charge on any atom is 0.348 e.